The molecule has 0 rings (SSSR count). The Hall–Kier alpha value is -1.41. The molecule has 0 unspecified atom stereocenters. The van der Waals surface area contributed by atoms with Crippen molar-refractivity contribution in [2.24, 2.45) is 5.16 Å². The van der Waals surface area contributed by atoms with Gasteiger partial charge in [-0.2, -0.15) is 0 Å². The predicted octanol–water partition coefficient (Wildman–Crippen LogP) is 6.23. The van der Waals surface area contributed by atoms with Crippen molar-refractivity contribution in [1.82, 2.24) is 0 Å². The third-order valence-corrected chi connectivity index (χ3v) is 3.84. The number of carbonyl (C=O) groups excluding carboxylic acids is 1. The van der Waals surface area contributed by atoms with E-state index in [1.54, 1.807) is 6.01 Å². The summed E-state index contributed by atoms with van der Waals surface area (Å²) in [7, 11) is 0. The first-order valence-corrected chi connectivity index (χ1v) is 9.27. The number of nitrogens with zero attached hydrogens (tertiary/aromatic N) is 1. The van der Waals surface area contributed by atoms with Gasteiger partial charge in [0.1, 0.15) is 6.01 Å². The molecule has 4 heteroatoms. The summed E-state index contributed by atoms with van der Waals surface area (Å²) in [4.78, 5) is 15.5. The van der Waals surface area contributed by atoms with Crippen LogP contribution in [0.15, 0.2) is 17.3 Å². The highest BCUT2D eigenvalue weighted by atomic mass is 16.7. The van der Waals surface area contributed by atoms with Crippen LogP contribution < -0.4 is 0 Å². The minimum Gasteiger partial charge on any atom is -0.308 e. The van der Waals surface area contributed by atoms with Crippen molar-refractivity contribution in [3.05, 3.63) is 12.2 Å². The van der Waals surface area contributed by atoms with E-state index >= 15 is 0 Å². The lowest BCUT2D eigenvalue weighted by Gasteiger charge is -1.99. The molecule has 0 aliphatic heterocycles. The molecule has 0 amide bonds. The SMILES string of the molecule is CCCCCCCC/C=C\CCCCCCCC(=O)ON=C=N. The second-order valence-corrected chi connectivity index (χ2v) is 6.00. The zero-order chi connectivity index (χ0) is 17.0. The van der Waals surface area contributed by atoms with Crippen LogP contribution in [0.1, 0.15) is 96.8 Å². The van der Waals surface area contributed by atoms with Crippen molar-refractivity contribution in [1.29, 1.82) is 5.41 Å². The van der Waals surface area contributed by atoms with Crippen LogP contribution in [-0.4, -0.2) is 12.0 Å². The van der Waals surface area contributed by atoms with E-state index < -0.39 is 0 Å². The van der Waals surface area contributed by atoms with Gasteiger partial charge in [-0.05, 0) is 37.3 Å². The summed E-state index contributed by atoms with van der Waals surface area (Å²) >= 11 is 0. The van der Waals surface area contributed by atoms with Gasteiger partial charge in [0, 0.05) is 6.42 Å². The Morgan fingerprint density at radius 1 is 0.913 bits per heavy atom. The molecule has 0 aromatic heterocycles. The molecular weight excluding hydrogens is 288 g/mol. The quantitative estimate of drug-likeness (QED) is 0.120. The molecule has 0 aromatic rings. The first-order chi connectivity index (χ1) is 11.3. The topological polar surface area (TPSA) is 62.5 Å². The Morgan fingerprint density at radius 3 is 2.00 bits per heavy atom. The molecule has 0 heterocycles. The molecule has 0 aromatic carbocycles. The Kier molecular flexibility index (Phi) is 17.5. The number of carbonyl (C=O) groups is 1. The van der Waals surface area contributed by atoms with Crippen molar-refractivity contribution in [2.75, 3.05) is 0 Å². The van der Waals surface area contributed by atoms with Gasteiger partial charge in [0.2, 0.25) is 0 Å². The van der Waals surface area contributed by atoms with Gasteiger partial charge in [-0.25, -0.2) is 10.2 Å². The van der Waals surface area contributed by atoms with E-state index in [-0.39, 0.29) is 5.97 Å². The van der Waals surface area contributed by atoms with Crippen LogP contribution in [0.25, 0.3) is 0 Å². The van der Waals surface area contributed by atoms with Crippen molar-refractivity contribution < 1.29 is 9.63 Å². The van der Waals surface area contributed by atoms with Gasteiger partial charge in [0.15, 0.2) is 0 Å². The maximum Gasteiger partial charge on any atom is 0.336 e. The van der Waals surface area contributed by atoms with Crippen LogP contribution in [-0.2, 0) is 9.63 Å². The lowest BCUT2D eigenvalue weighted by molar-refractivity contribution is -0.143. The van der Waals surface area contributed by atoms with Gasteiger partial charge in [-0.3, -0.25) is 0 Å². The first kappa shape index (κ1) is 21.6. The van der Waals surface area contributed by atoms with Crippen molar-refractivity contribution >= 4 is 12.0 Å². The average Bonchev–Trinajstić information content (AvgIpc) is 2.56. The van der Waals surface area contributed by atoms with E-state index in [1.165, 1.54) is 64.2 Å². The van der Waals surface area contributed by atoms with Gasteiger partial charge in [0.05, 0.1) is 0 Å². The third-order valence-electron chi connectivity index (χ3n) is 3.84. The molecule has 0 atom stereocenters. The highest BCUT2D eigenvalue weighted by molar-refractivity contribution is 5.69. The van der Waals surface area contributed by atoms with E-state index in [2.05, 4.69) is 29.1 Å². The number of allylic oxidation sites excluding steroid dienone is 2. The molecule has 132 valence electrons. The lowest BCUT2D eigenvalue weighted by Crippen LogP contribution is -1.98. The van der Waals surface area contributed by atoms with E-state index in [1.807, 2.05) is 0 Å². The van der Waals surface area contributed by atoms with Crippen LogP contribution >= 0.6 is 0 Å². The summed E-state index contributed by atoms with van der Waals surface area (Å²) in [6.07, 6.45) is 21.1. The standard InChI is InChI=1S/C19H34N2O2/c1-2-3-4-5-6-7-8-9-10-11-12-13-14-15-16-17-19(22)23-21-18-20/h9-10,20H,2-8,11-17H2,1H3/b10-9-. The fourth-order valence-electron chi connectivity index (χ4n) is 2.46. The van der Waals surface area contributed by atoms with Gasteiger partial charge < -0.3 is 4.84 Å². The summed E-state index contributed by atoms with van der Waals surface area (Å²) < 4.78 is 0. The maximum atomic E-state index is 11.1. The summed E-state index contributed by atoms with van der Waals surface area (Å²) in [5, 5.41) is 9.51. The molecule has 0 aliphatic rings. The molecule has 0 spiro atoms. The van der Waals surface area contributed by atoms with Crippen molar-refractivity contribution in [2.45, 2.75) is 96.8 Å². The fourth-order valence-corrected chi connectivity index (χ4v) is 2.46. The molecule has 0 aliphatic carbocycles. The van der Waals surface area contributed by atoms with Crippen LogP contribution in [0.4, 0.5) is 0 Å². The number of hydrogen-bond donors (Lipinski definition) is 1. The number of hydrogen-bond acceptors (Lipinski definition) is 4. The van der Waals surface area contributed by atoms with E-state index in [4.69, 9.17) is 5.41 Å². The summed E-state index contributed by atoms with van der Waals surface area (Å²) in [5.41, 5.74) is 0. The molecule has 1 N–H and O–H groups in total. The maximum absolute atomic E-state index is 11.1. The number of nitrogens with one attached hydrogen (secondary N) is 1. The summed E-state index contributed by atoms with van der Waals surface area (Å²) in [5.74, 6) is -0.373. The monoisotopic (exact) mass is 322 g/mol. The van der Waals surface area contributed by atoms with Crippen LogP contribution in [0.3, 0.4) is 0 Å². The molecule has 0 saturated carbocycles. The Bertz CT molecular complexity index is 347. The fraction of sp³-hybridized carbons (Fsp3) is 0.789. The van der Waals surface area contributed by atoms with E-state index in [0.29, 0.717) is 6.42 Å². The number of rotatable bonds is 16. The molecule has 0 fully saturated rings. The van der Waals surface area contributed by atoms with Crippen LogP contribution in [0, 0.1) is 5.41 Å². The summed E-state index contributed by atoms with van der Waals surface area (Å²) in [6.45, 7) is 2.26. The minimum absolute atomic E-state index is 0.373. The number of unbranched alkanes of at least 4 members (excludes halogenated alkanes) is 11. The van der Waals surface area contributed by atoms with Crippen LogP contribution in [0.2, 0.25) is 0 Å². The Morgan fingerprint density at radius 2 is 1.43 bits per heavy atom. The third kappa shape index (κ3) is 18.5. The Balaban J connectivity index is 3.19. The van der Waals surface area contributed by atoms with Crippen molar-refractivity contribution in [3.8, 4) is 0 Å². The Labute approximate surface area is 141 Å². The zero-order valence-corrected chi connectivity index (χ0v) is 14.8. The van der Waals surface area contributed by atoms with Gasteiger partial charge in [-0.1, -0.05) is 70.4 Å². The normalized spacial score (nSPS) is 10.7. The zero-order valence-electron chi connectivity index (χ0n) is 14.8. The van der Waals surface area contributed by atoms with Gasteiger partial charge in [0.25, 0.3) is 0 Å². The highest BCUT2D eigenvalue weighted by Gasteiger charge is 2.01. The molecule has 0 saturated heterocycles. The lowest BCUT2D eigenvalue weighted by atomic mass is 10.1. The van der Waals surface area contributed by atoms with Crippen LogP contribution in [0.5, 0.6) is 0 Å². The molecular formula is C19H34N2O2. The summed E-state index contributed by atoms with van der Waals surface area (Å²) in [6, 6.07) is 1.68. The predicted molar refractivity (Wildman–Crippen MR) is 95.7 cm³/mol. The molecule has 0 radical (unpaired) electrons. The second kappa shape index (κ2) is 18.6. The van der Waals surface area contributed by atoms with Gasteiger partial charge >= 0.3 is 5.97 Å². The second-order valence-electron chi connectivity index (χ2n) is 6.00. The molecule has 4 nitrogen and oxygen atoms in total. The smallest absolute Gasteiger partial charge is 0.308 e. The molecule has 23 heavy (non-hydrogen) atoms. The van der Waals surface area contributed by atoms with Gasteiger partial charge in [-0.15, -0.1) is 0 Å². The molecule has 0 bridgehead atoms. The largest absolute Gasteiger partial charge is 0.336 e. The van der Waals surface area contributed by atoms with E-state index in [9.17, 15) is 4.79 Å². The van der Waals surface area contributed by atoms with Crippen molar-refractivity contribution in [3.63, 3.8) is 0 Å². The first-order valence-electron chi connectivity index (χ1n) is 9.27. The van der Waals surface area contributed by atoms with E-state index in [0.717, 1.165) is 19.3 Å². The highest BCUT2D eigenvalue weighted by Crippen LogP contribution is 2.10. The minimum atomic E-state index is -0.373. The average molecular weight is 322 g/mol.